The summed E-state index contributed by atoms with van der Waals surface area (Å²) in [5.74, 6) is 0. The van der Waals surface area contributed by atoms with Crippen molar-refractivity contribution in [2.24, 2.45) is 0 Å². The molecule has 0 spiro atoms. The molecule has 90 valence electrons. The lowest BCUT2D eigenvalue weighted by atomic mass is 10.0. The molecule has 0 bridgehead atoms. The number of piperidine rings is 1. The second kappa shape index (κ2) is 8.08. The number of ether oxygens (including phenoxy) is 1. The van der Waals surface area contributed by atoms with Gasteiger partial charge in [0, 0.05) is 26.2 Å². The highest BCUT2D eigenvalue weighted by atomic mass is 16.5. The zero-order valence-corrected chi connectivity index (χ0v) is 10.3. The zero-order chi connectivity index (χ0) is 10.9. The van der Waals surface area contributed by atoms with Crippen LogP contribution < -0.4 is 5.32 Å². The molecular weight excluding hydrogens is 188 g/mol. The summed E-state index contributed by atoms with van der Waals surface area (Å²) in [5.41, 5.74) is 0. The van der Waals surface area contributed by atoms with E-state index in [-0.39, 0.29) is 0 Å². The quantitative estimate of drug-likeness (QED) is 0.650. The van der Waals surface area contributed by atoms with E-state index in [4.69, 9.17) is 4.74 Å². The normalized spacial score (nSPS) is 23.2. The maximum Gasteiger partial charge on any atom is 0.0587 e. The van der Waals surface area contributed by atoms with Gasteiger partial charge < -0.3 is 10.1 Å². The summed E-state index contributed by atoms with van der Waals surface area (Å²) < 4.78 is 5.03. The fraction of sp³-hybridized carbons (Fsp3) is 1.00. The Morgan fingerprint density at radius 3 is 3.00 bits per heavy atom. The van der Waals surface area contributed by atoms with Crippen LogP contribution in [0.15, 0.2) is 0 Å². The van der Waals surface area contributed by atoms with Crippen molar-refractivity contribution in [2.75, 3.05) is 39.9 Å². The average molecular weight is 214 g/mol. The highest BCUT2D eigenvalue weighted by Crippen LogP contribution is 2.16. The molecule has 0 saturated carbocycles. The lowest BCUT2D eigenvalue weighted by Gasteiger charge is -2.35. The van der Waals surface area contributed by atoms with Crippen molar-refractivity contribution in [3.05, 3.63) is 0 Å². The van der Waals surface area contributed by atoms with Crippen molar-refractivity contribution < 1.29 is 4.74 Å². The van der Waals surface area contributed by atoms with E-state index < -0.39 is 0 Å². The van der Waals surface area contributed by atoms with Crippen LogP contribution >= 0.6 is 0 Å². The topological polar surface area (TPSA) is 24.5 Å². The van der Waals surface area contributed by atoms with Gasteiger partial charge in [0.2, 0.25) is 0 Å². The van der Waals surface area contributed by atoms with Crippen molar-refractivity contribution >= 4 is 0 Å². The van der Waals surface area contributed by atoms with Crippen LogP contribution in [0.4, 0.5) is 0 Å². The van der Waals surface area contributed by atoms with E-state index in [0.29, 0.717) is 0 Å². The molecule has 15 heavy (non-hydrogen) atoms. The highest BCUT2D eigenvalue weighted by molar-refractivity contribution is 4.78. The molecule has 1 aliphatic heterocycles. The van der Waals surface area contributed by atoms with E-state index in [9.17, 15) is 0 Å². The molecule has 1 heterocycles. The molecule has 3 heteroatoms. The number of hydrogen-bond donors (Lipinski definition) is 1. The first-order valence-electron chi connectivity index (χ1n) is 6.32. The first-order valence-corrected chi connectivity index (χ1v) is 6.32. The molecule has 0 aromatic heterocycles. The molecule has 1 rings (SSSR count). The fourth-order valence-corrected chi connectivity index (χ4v) is 2.32. The second-order valence-electron chi connectivity index (χ2n) is 4.38. The van der Waals surface area contributed by atoms with Gasteiger partial charge in [0.1, 0.15) is 0 Å². The van der Waals surface area contributed by atoms with Crippen LogP contribution in [-0.2, 0) is 4.74 Å². The van der Waals surface area contributed by atoms with Gasteiger partial charge in [-0.3, -0.25) is 4.90 Å². The second-order valence-corrected chi connectivity index (χ2v) is 4.38. The number of rotatable bonds is 7. The molecule has 1 unspecified atom stereocenters. The van der Waals surface area contributed by atoms with Crippen LogP contribution in [0, 0.1) is 0 Å². The highest BCUT2D eigenvalue weighted by Gasteiger charge is 2.20. The predicted molar refractivity (Wildman–Crippen MR) is 64.2 cm³/mol. The van der Waals surface area contributed by atoms with E-state index in [1.165, 1.54) is 38.8 Å². The number of hydrogen-bond acceptors (Lipinski definition) is 3. The van der Waals surface area contributed by atoms with Gasteiger partial charge >= 0.3 is 0 Å². The van der Waals surface area contributed by atoms with Gasteiger partial charge in [-0.25, -0.2) is 0 Å². The maximum absolute atomic E-state index is 5.03. The Bertz CT molecular complexity index is 151. The first-order chi connectivity index (χ1) is 7.38. The first kappa shape index (κ1) is 12.9. The number of nitrogens with zero attached hydrogens (tertiary/aromatic N) is 1. The molecule has 1 N–H and O–H groups in total. The molecular formula is C12H26N2O. The molecule has 1 aliphatic rings. The Labute approximate surface area is 94.2 Å². The van der Waals surface area contributed by atoms with Gasteiger partial charge in [0.15, 0.2) is 0 Å². The Morgan fingerprint density at radius 2 is 2.27 bits per heavy atom. The van der Waals surface area contributed by atoms with E-state index in [1.54, 1.807) is 7.11 Å². The van der Waals surface area contributed by atoms with Crippen molar-refractivity contribution in [1.29, 1.82) is 0 Å². The van der Waals surface area contributed by atoms with Crippen LogP contribution in [0.25, 0.3) is 0 Å². The third-order valence-electron chi connectivity index (χ3n) is 3.12. The molecule has 1 atom stereocenters. The van der Waals surface area contributed by atoms with E-state index in [2.05, 4.69) is 17.1 Å². The number of likely N-dealkylation sites (tertiary alicyclic amines) is 1. The van der Waals surface area contributed by atoms with Crippen LogP contribution in [0.1, 0.15) is 32.6 Å². The monoisotopic (exact) mass is 214 g/mol. The van der Waals surface area contributed by atoms with Crippen LogP contribution in [0.3, 0.4) is 0 Å². The van der Waals surface area contributed by atoms with Gasteiger partial charge in [-0.05, 0) is 32.4 Å². The summed E-state index contributed by atoms with van der Waals surface area (Å²) in [7, 11) is 1.76. The largest absolute Gasteiger partial charge is 0.383 e. The van der Waals surface area contributed by atoms with Gasteiger partial charge in [0.05, 0.1) is 6.61 Å². The Hall–Kier alpha value is -0.120. The Morgan fingerprint density at radius 1 is 1.40 bits per heavy atom. The van der Waals surface area contributed by atoms with Crippen LogP contribution in [-0.4, -0.2) is 50.8 Å². The van der Waals surface area contributed by atoms with Gasteiger partial charge in [-0.15, -0.1) is 0 Å². The summed E-state index contributed by atoms with van der Waals surface area (Å²) in [5, 5.41) is 3.48. The lowest BCUT2D eigenvalue weighted by molar-refractivity contribution is 0.140. The minimum absolute atomic E-state index is 0.760. The summed E-state index contributed by atoms with van der Waals surface area (Å²) in [6.07, 6.45) is 5.42. The SMILES string of the molecule is CCCN1CCCCC1CNCCOC. The minimum Gasteiger partial charge on any atom is -0.383 e. The number of nitrogens with one attached hydrogen (secondary N) is 1. The van der Waals surface area contributed by atoms with E-state index >= 15 is 0 Å². The lowest BCUT2D eigenvalue weighted by Crippen LogP contribution is -2.46. The van der Waals surface area contributed by atoms with Gasteiger partial charge in [0.25, 0.3) is 0 Å². The number of methoxy groups -OCH3 is 1. The minimum atomic E-state index is 0.760. The molecule has 1 saturated heterocycles. The molecule has 0 aliphatic carbocycles. The van der Waals surface area contributed by atoms with E-state index in [0.717, 1.165) is 25.7 Å². The molecule has 3 nitrogen and oxygen atoms in total. The fourth-order valence-electron chi connectivity index (χ4n) is 2.32. The average Bonchev–Trinajstić information content (AvgIpc) is 2.27. The summed E-state index contributed by atoms with van der Waals surface area (Å²) in [4.78, 5) is 2.64. The maximum atomic E-state index is 5.03. The van der Waals surface area contributed by atoms with Crippen molar-refractivity contribution in [3.63, 3.8) is 0 Å². The molecule has 0 amide bonds. The van der Waals surface area contributed by atoms with Gasteiger partial charge in [-0.1, -0.05) is 13.3 Å². The molecule has 1 fully saturated rings. The Balaban J connectivity index is 2.17. The third kappa shape index (κ3) is 4.96. The van der Waals surface area contributed by atoms with E-state index in [1.807, 2.05) is 0 Å². The zero-order valence-electron chi connectivity index (χ0n) is 10.3. The molecule has 0 radical (unpaired) electrons. The van der Waals surface area contributed by atoms with Gasteiger partial charge in [-0.2, -0.15) is 0 Å². The predicted octanol–water partition coefficient (Wildman–Crippen LogP) is 1.49. The van der Waals surface area contributed by atoms with Crippen LogP contribution in [0.2, 0.25) is 0 Å². The standard InChI is InChI=1S/C12H26N2O/c1-3-8-14-9-5-4-6-12(14)11-13-7-10-15-2/h12-13H,3-11H2,1-2H3. The molecule has 0 aromatic rings. The smallest absolute Gasteiger partial charge is 0.0587 e. The van der Waals surface area contributed by atoms with Crippen LogP contribution in [0.5, 0.6) is 0 Å². The summed E-state index contributed by atoms with van der Waals surface area (Å²) >= 11 is 0. The van der Waals surface area contributed by atoms with Crippen molar-refractivity contribution in [2.45, 2.75) is 38.6 Å². The Kier molecular flexibility index (Phi) is 6.98. The third-order valence-corrected chi connectivity index (χ3v) is 3.12. The van der Waals surface area contributed by atoms with Crippen molar-refractivity contribution in [3.8, 4) is 0 Å². The molecule has 0 aromatic carbocycles. The summed E-state index contributed by atoms with van der Waals surface area (Å²) in [6, 6.07) is 0.760. The van der Waals surface area contributed by atoms with Crippen molar-refractivity contribution in [1.82, 2.24) is 10.2 Å². The summed E-state index contributed by atoms with van der Waals surface area (Å²) in [6.45, 7) is 7.75.